The van der Waals surface area contributed by atoms with Crippen LogP contribution in [-0.4, -0.2) is 36.5 Å². The standard InChI is InChI=1S/C18H14FN3O5S/c19-12-4-1-10(2-5-12)16(23)20-21-17(24)11-3-8-14-15(9-11)28(26,27)22(18(14)25)13-6-7-13/h1-5,8-9,13H,6-7H2,(H,20,23)(H,21,24). The SMILES string of the molecule is O=C(NNC(=O)c1ccc2c(c1)S(=O)(=O)N(C1CC1)C2=O)c1ccc(F)cc1. The van der Waals surface area contributed by atoms with E-state index in [0.29, 0.717) is 12.8 Å². The molecule has 0 spiro atoms. The Hall–Kier alpha value is -3.27. The molecule has 0 unspecified atom stereocenters. The third-order valence-electron chi connectivity index (χ3n) is 4.49. The van der Waals surface area contributed by atoms with Crippen LogP contribution in [0.4, 0.5) is 4.39 Å². The number of halogens is 1. The fourth-order valence-electron chi connectivity index (χ4n) is 2.92. The number of nitrogens with one attached hydrogen (secondary N) is 2. The number of nitrogens with zero attached hydrogens (tertiary/aromatic N) is 1. The van der Waals surface area contributed by atoms with E-state index in [-0.39, 0.29) is 27.6 Å². The molecule has 0 atom stereocenters. The van der Waals surface area contributed by atoms with Crippen molar-refractivity contribution in [1.29, 1.82) is 0 Å². The molecule has 1 fully saturated rings. The summed E-state index contributed by atoms with van der Waals surface area (Å²) in [5.41, 5.74) is 4.45. The van der Waals surface area contributed by atoms with Crippen molar-refractivity contribution in [3.05, 3.63) is 65.0 Å². The molecule has 1 aliphatic carbocycles. The molecule has 3 amide bonds. The number of carbonyl (C=O) groups excluding carboxylic acids is 3. The second-order valence-electron chi connectivity index (χ2n) is 6.46. The summed E-state index contributed by atoms with van der Waals surface area (Å²) < 4.78 is 39.0. The molecule has 2 aliphatic rings. The smallest absolute Gasteiger partial charge is 0.268 e. The van der Waals surface area contributed by atoms with Crippen LogP contribution in [0.5, 0.6) is 0 Å². The lowest BCUT2D eigenvalue weighted by Crippen LogP contribution is -2.41. The Morgan fingerprint density at radius 1 is 0.964 bits per heavy atom. The average Bonchev–Trinajstić information content (AvgIpc) is 3.47. The zero-order valence-electron chi connectivity index (χ0n) is 14.3. The van der Waals surface area contributed by atoms with Crippen molar-refractivity contribution in [3.8, 4) is 0 Å². The largest absolute Gasteiger partial charge is 0.269 e. The predicted molar refractivity (Wildman–Crippen MR) is 94.2 cm³/mol. The lowest BCUT2D eigenvalue weighted by molar-refractivity contribution is 0.0846. The Kier molecular flexibility index (Phi) is 4.15. The Morgan fingerprint density at radius 2 is 1.54 bits per heavy atom. The van der Waals surface area contributed by atoms with Crippen molar-refractivity contribution in [3.63, 3.8) is 0 Å². The van der Waals surface area contributed by atoms with Crippen molar-refractivity contribution in [2.45, 2.75) is 23.8 Å². The minimum Gasteiger partial charge on any atom is -0.268 e. The zero-order chi connectivity index (χ0) is 20.1. The van der Waals surface area contributed by atoms with Crippen molar-refractivity contribution in [1.82, 2.24) is 15.2 Å². The van der Waals surface area contributed by atoms with Gasteiger partial charge in [0.25, 0.3) is 27.7 Å². The fourth-order valence-corrected chi connectivity index (χ4v) is 4.76. The van der Waals surface area contributed by atoms with Crippen molar-refractivity contribution >= 4 is 27.7 Å². The molecule has 1 aliphatic heterocycles. The summed E-state index contributed by atoms with van der Waals surface area (Å²) in [6, 6.07) is 8.08. The number of amides is 3. The number of fused-ring (bicyclic) bond motifs is 1. The summed E-state index contributed by atoms with van der Waals surface area (Å²) in [7, 11) is -3.99. The van der Waals surface area contributed by atoms with Gasteiger partial charge in [0.15, 0.2) is 0 Å². The summed E-state index contributed by atoms with van der Waals surface area (Å²) >= 11 is 0. The van der Waals surface area contributed by atoms with E-state index >= 15 is 0 Å². The van der Waals surface area contributed by atoms with E-state index in [1.165, 1.54) is 24.3 Å². The number of sulfonamides is 1. The van der Waals surface area contributed by atoms with Crippen molar-refractivity contribution in [2.24, 2.45) is 0 Å². The van der Waals surface area contributed by atoms with Gasteiger partial charge in [-0.2, -0.15) is 0 Å². The fraction of sp³-hybridized carbons (Fsp3) is 0.167. The minimum atomic E-state index is -3.99. The monoisotopic (exact) mass is 403 g/mol. The van der Waals surface area contributed by atoms with E-state index < -0.39 is 33.6 Å². The quantitative estimate of drug-likeness (QED) is 0.748. The molecule has 2 N–H and O–H groups in total. The number of hydrazine groups is 1. The van der Waals surface area contributed by atoms with E-state index in [9.17, 15) is 27.2 Å². The molecule has 4 rings (SSSR count). The van der Waals surface area contributed by atoms with Gasteiger partial charge in [-0.3, -0.25) is 25.2 Å². The first-order chi connectivity index (χ1) is 13.3. The summed E-state index contributed by atoms with van der Waals surface area (Å²) in [5.74, 6) is -2.52. The van der Waals surface area contributed by atoms with Gasteiger partial charge >= 0.3 is 0 Å². The molecule has 0 saturated heterocycles. The first-order valence-corrected chi connectivity index (χ1v) is 9.82. The van der Waals surface area contributed by atoms with Gasteiger partial charge in [0.1, 0.15) is 10.7 Å². The first kappa shape index (κ1) is 18.1. The van der Waals surface area contributed by atoms with Gasteiger partial charge in [0.05, 0.1) is 5.56 Å². The Labute approximate surface area is 159 Å². The van der Waals surface area contributed by atoms with Crippen LogP contribution in [0.3, 0.4) is 0 Å². The van der Waals surface area contributed by atoms with Gasteiger partial charge in [-0.1, -0.05) is 0 Å². The summed E-state index contributed by atoms with van der Waals surface area (Å²) in [4.78, 5) is 36.3. The molecule has 1 saturated carbocycles. The van der Waals surface area contributed by atoms with Crippen LogP contribution in [0.1, 0.15) is 43.9 Å². The second-order valence-corrected chi connectivity index (χ2v) is 8.25. The van der Waals surface area contributed by atoms with E-state index in [1.54, 1.807) is 0 Å². The van der Waals surface area contributed by atoms with E-state index in [1.807, 2.05) is 0 Å². The zero-order valence-corrected chi connectivity index (χ0v) is 15.1. The first-order valence-electron chi connectivity index (χ1n) is 8.38. The summed E-state index contributed by atoms with van der Waals surface area (Å²) in [6.45, 7) is 0. The molecule has 10 heteroatoms. The van der Waals surface area contributed by atoms with Gasteiger partial charge in [0.2, 0.25) is 0 Å². The van der Waals surface area contributed by atoms with Crippen LogP contribution < -0.4 is 10.9 Å². The molecule has 8 nitrogen and oxygen atoms in total. The summed E-state index contributed by atoms with van der Waals surface area (Å²) in [5, 5.41) is 0. The maximum absolute atomic E-state index is 12.9. The number of carbonyl (C=O) groups is 3. The molecule has 2 aromatic carbocycles. The molecular formula is C18H14FN3O5S. The van der Waals surface area contributed by atoms with Crippen LogP contribution in [0.15, 0.2) is 47.4 Å². The molecular weight excluding hydrogens is 389 g/mol. The van der Waals surface area contributed by atoms with E-state index in [2.05, 4.69) is 10.9 Å². The molecule has 0 radical (unpaired) electrons. The molecule has 1 heterocycles. The normalized spacial score (nSPS) is 17.2. The highest BCUT2D eigenvalue weighted by atomic mass is 32.2. The molecule has 144 valence electrons. The highest BCUT2D eigenvalue weighted by Crippen LogP contribution is 2.39. The van der Waals surface area contributed by atoms with E-state index in [4.69, 9.17) is 0 Å². The maximum Gasteiger partial charge on any atom is 0.269 e. The molecule has 0 bridgehead atoms. The van der Waals surface area contributed by atoms with Gasteiger partial charge in [-0.15, -0.1) is 0 Å². The van der Waals surface area contributed by atoms with Gasteiger partial charge in [0, 0.05) is 17.2 Å². The number of rotatable bonds is 3. The topological polar surface area (TPSA) is 113 Å². The lowest BCUT2D eigenvalue weighted by Gasteiger charge is -2.13. The number of benzene rings is 2. The number of hydrogen-bond acceptors (Lipinski definition) is 5. The third kappa shape index (κ3) is 3.01. The Bertz CT molecular complexity index is 1110. The second kappa shape index (κ2) is 6.41. The van der Waals surface area contributed by atoms with E-state index in [0.717, 1.165) is 22.5 Å². The van der Waals surface area contributed by atoms with Gasteiger partial charge in [-0.25, -0.2) is 17.1 Å². The average molecular weight is 403 g/mol. The Morgan fingerprint density at radius 3 is 2.14 bits per heavy atom. The van der Waals surface area contributed by atoms with Crippen LogP contribution >= 0.6 is 0 Å². The van der Waals surface area contributed by atoms with Crippen LogP contribution in [0.2, 0.25) is 0 Å². The molecule has 28 heavy (non-hydrogen) atoms. The lowest BCUT2D eigenvalue weighted by atomic mass is 10.1. The van der Waals surface area contributed by atoms with Crippen LogP contribution in [-0.2, 0) is 10.0 Å². The van der Waals surface area contributed by atoms with Gasteiger partial charge in [-0.05, 0) is 55.3 Å². The number of hydrogen-bond donors (Lipinski definition) is 2. The van der Waals surface area contributed by atoms with Crippen molar-refractivity contribution in [2.75, 3.05) is 0 Å². The molecule has 2 aromatic rings. The third-order valence-corrected chi connectivity index (χ3v) is 6.36. The maximum atomic E-state index is 12.9. The Balaban J connectivity index is 1.51. The molecule has 0 aromatic heterocycles. The van der Waals surface area contributed by atoms with Gasteiger partial charge < -0.3 is 0 Å². The minimum absolute atomic E-state index is 0.0267. The highest BCUT2D eigenvalue weighted by molar-refractivity contribution is 7.90. The van der Waals surface area contributed by atoms with Crippen LogP contribution in [0.25, 0.3) is 0 Å². The van der Waals surface area contributed by atoms with Crippen LogP contribution in [0, 0.1) is 5.82 Å². The predicted octanol–water partition coefficient (Wildman–Crippen LogP) is 1.21. The summed E-state index contributed by atoms with van der Waals surface area (Å²) in [6.07, 6.45) is 1.25. The van der Waals surface area contributed by atoms with Crippen molar-refractivity contribution < 1.29 is 27.2 Å². The highest BCUT2D eigenvalue weighted by Gasteiger charge is 2.48.